The van der Waals surface area contributed by atoms with Gasteiger partial charge in [-0.05, 0) is 32.0 Å². The second kappa shape index (κ2) is 6.50. The summed E-state index contributed by atoms with van der Waals surface area (Å²) in [7, 11) is 0. The summed E-state index contributed by atoms with van der Waals surface area (Å²) in [5, 5.41) is 9.04. The highest BCUT2D eigenvalue weighted by atomic mass is 32.1. The van der Waals surface area contributed by atoms with Crippen molar-refractivity contribution in [1.29, 1.82) is 5.26 Å². The van der Waals surface area contributed by atoms with Crippen LogP contribution in [0.2, 0.25) is 0 Å². The van der Waals surface area contributed by atoms with Crippen molar-refractivity contribution in [3.8, 4) is 28.8 Å². The summed E-state index contributed by atoms with van der Waals surface area (Å²) in [6, 6.07) is 9.09. The van der Waals surface area contributed by atoms with Gasteiger partial charge in [0.15, 0.2) is 0 Å². The van der Waals surface area contributed by atoms with Crippen LogP contribution in [-0.4, -0.2) is 19.9 Å². The molecule has 126 valence electrons. The zero-order valence-electron chi connectivity index (χ0n) is 14.1. The summed E-state index contributed by atoms with van der Waals surface area (Å²) in [6.45, 7) is 3.89. The van der Waals surface area contributed by atoms with Crippen molar-refractivity contribution in [3.63, 3.8) is 0 Å². The molecule has 0 bridgehead atoms. The van der Waals surface area contributed by atoms with Crippen molar-refractivity contribution in [2.75, 3.05) is 0 Å². The van der Waals surface area contributed by atoms with E-state index < -0.39 is 0 Å². The number of rotatable bonds is 3. The molecule has 4 aromatic rings. The minimum atomic E-state index is 0.466. The number of aryl methyl sites for hydroxylation is 2. The van der Waals surface area contributed by atoms with Crippen LogP contribution in [0.3, 0.4) is 0 Å². The lowest BCUT2D eigenvalue weighted by molar-refractivity contribution is 0.470. The third-order valence-corrected chi connectivity index (χ3v) is 4.82. The van der Waals surface area contributed by atoms with E-state index in [1.165, 1.54) is 11.3 Å². The highest BCUT2D eigenvalue weighted by Gasteiger charge is 2.17. The number of aromatic nitrogens is 4. The Morgan fingerprint density at radius 1 is 1.08 bits per heavy atom. The highest BCUT2D eigenvalue weighted by Crippen LogP contribution is 2.37. The maximum absolute atomic E-state index is 9.04. The van der Waals surface area contributed by atoms with Crippen molar-refractivity contribution < 1.29 is 4.74 Å². The van der Waals surface area contributed by atoms with Crippen LogP contribution in [0, 0.1) is 25.2 Å². The van der Waals surface area contributed by atoms with Crippen molar-refractivity contribution in [2.24, 2.45) is 0 Å². The van der Waals surface area contributed by atoms with Gasteiger partial charge in [-0.2, -0.15) is 5.26 Å². The third-order valence-electron chi connectivity index (χ3n) is 4.00. The molecule has 6 nitrogen and oxygen atoms in total. The van der Waals surface area contributed by atoms with Crippen LogP contribution in [0.15, 0.2) is 42.3 Å². The van der Waals surface area contributed by atoms with Gasteiger partial charge in [-0.25, -0.2) is 19.9 Å². The molecule has 0 unspecified atom stereocenters. The summed E-state index contributed by atoms with van der Waals surface area (Å²) >= 11 is 1.46. The number of nitrogens with zero attached hydrogens (tertiary/aromatic N) is 5. The number of benzene rings is 1. The van der Waals surface area contributed by atoms with E-state index in [-0.39, 0.29) is 0 Å². The molecule has 4 rings (SSSR count). The Bertz CT molecular complexity index is 1140. The minimum Gasteiger partial charge on any atom is -0.437 e. The molecule has 7 heteroatoms. The summed E-state index contributed by atoms with van der Waals surface area (Å²) in [5.41, 5.74) is 6.68. The van der Waals surface area contributed by atoms with E-state index in [4.69, 9.17) is 10.00 Å². The summed E-state index contributed by atoms with van der Waals surface area (Å²) in [6.07, 6.45) is 3.30. The molecular weight excluding hydrogens is 346 g/mol. The van der Waals surface area contributed by atoms with Gasteiger partial charge in [0.05, 0.1) is 22.7 Å². The quantitative estimate of drug-likeness (QED) is 0.538. The van der Waals surface area contributed by atoms with Gasteiger partial charge in [-0.3, -0.25) is 0 Å². The fourth-order valence-corrected chi connectivity index (χ4v) is 3.54. The summed E-state index contributed by atoms with van der Waals surface area (Å²) in [5.74, 6) is 1.03. The fourth-order valence-electron chi connectivity index (χ4n) is 2.81. The van der Waals surface area contributed by atoms with E-state index in [1.54, 1.807) is 42.3 Å². The second-order valence-electron chi connectivity index (χ2n) is 5.67. The molecule has 0 saturated heterocycles. The number of hydrogen-bond acceptors (Lipinski definition) is 7. The molecule has 0 N–H and O–H groups in total. The highest BCUT2D eigenvalue weighted by molar-refractivity contribution is 7.17. The van der Waals surface area contributed by atoms with Gasteiger partial charge < -0.3 is 4.74 Å². The van der Waals surface area contributed by atoms with Crippen molar-refractivity contribution in [3.05, 3.63) is 59.3 Å². The van der Waals surface area contributed by atoms with Gasteiger partial charge in [0.25, 0.3) is 0 Å². The Hall–Kier alpha value is -3.37. The zero-order chi connectivity index (χ0) is 18.1. The molecular formula is C19H13N5OS. The minimum absolute atomic E-state index is 0.466. The SMILES string of the molecule is Cc1ncnc(C)c1-c1cnc(Oc2cccc(C#N)c2)c2scnc12. The van der Waals surface area contributed by atoms with Crippen LogP contribution in [0.25, 0.3) is 21.3 Å². The van der Waals surface area contributed by atoms with E-state index in [0.717, 1.165) is 32.7 Å². The fraction of sp³-hybridized carbons (Fsp3) is 0.105. The van der Waals surface area contributed by atoms with E-state index >= 15 is 0 Å². The molecule has 0 fully saturated rings. The normalized spacial score (nSPS) is 10.7. The molecule has 0 spiro atoms. The molecule has 0 aliphatic carbocycles. The molecule has 0 amide bonds. The maximum Gasteiger partial charge on any atom is 0.238 e. The van der Waals surface area contributed by atoms with Crippen LogP contribution in [-0.2, 0) is 0 Å². The lowest BCUT2D eigenvalue weighted by Crippen LogP contribution is -1.97. The molecule has 0 saturated carbocycles. The molecule has 1 aromatic carbocycles. The van der Waals surface area contributed by atoms with Gasteiger partial charge in [0, 0.05) is 28.7 Å². The number of fused-ring (bicyclic) bond motifs is 1. The molecule has 3 aromatic heterocycles. The van der Waals surface area contributed by atoms with E-state index in [1.807, 2.05) is 13.8 Å². The number of pyridine rings is 1. The van der Waals surface area contributed by atoms with Crippen LogP contribution in [0.5, 0.6) is 11.6 Å². The lowest BCUT2D eigenvalue weighted by atomic mass is 10.0. The number of hydrogen-bond donors (Lipinski definition) is 0. The number of nitriles is 1. The third kappa shape index (κ3) is 2.76. The Morgan fingerprint density at radius 2 is 1.88 bits per heavy atom. The monoisotopic (exact) mass is 359 g/mol. The van der Waals surface area contributed by atoms with Gasteiger partial charge in [-0.1, -0.05) is 6.07 Å². The molecule has 0 aliphatic rings. The molecule has 26 heavy (non-hydrogen) atoms. The van der Waals surface area contributed by atoms with Gasteiger partial charge in [-0.15, -0.1) is 11.3 Å². The van der Waals surface area contributed by atoms with Gasteiger partial charge >= 0.3 is 0 Å². The average molecular weight is 359 g/mol. The first-order valence-corrected chi connectivity index (χ1v) is 8.74. The first-order chi connectivity index (χ1) is 12.7. The largest absolute Gasteiger partial charge is 0.437 e. The van der Waals surface area contributed by atoms with Gasteiger partial charge in [0.1, 0.15) is 16.8 Å². The Kier molecular flexibility index (Phi) is 4.03. The van der Waals surface area contributed by atoms with Crippen molar-refractivity contribution in [2.45, 2.75) is 13.8 Å². The second-order valence-corrected chi connectivity index (χ2v) is 6.52. The molecule has 0 radical (unpaired) electrons. The van der Waals surface area contributed by atoms with E-state index in [9.17, 15) is 0 Å². The smallest absolute Gasteiger partial charge is 0.238 e. The Labute approximate surface area is 153 Å². The van der Waals surface area contributed by atoms with Crippen LogP contribution < -0.4 is 4.74 Å². The summed E-state index contributed by atoms with van der Waals surface area (Å²) in [4.78, 5) is 17.6. The first kappa shape index (κ1) is 16.1. The molecule has 0 aliphatic heterocycles. The van der Waals surface area contributed by atoms with Crippen LogP contribution in [0.4, 0.5) is 0 Å². The number of thiazole rings is 1. The molecule has 3 heterocycles. The lowest BCUT2D eigenvalue weighted by Gasteiger charge is -2.11. The average Bonchev–Trinajstić information content (AvgIpc) is 3.13. The Balaban J connectivity index is 1.83. The predicted octanol–water partition coefficient (Wildman–Crippen LogP) is 4.43. The molecule has 0 atom stereocenters. The van der Waals surface area contributed by atoms with Crippen molar-refractivity contribution >= 4 is 21.6 Å². The first-order valence-electron chi connectivity index (χ1n) is 7.86. The van der Waals surface area contributed by atoms with Gasteiger partial charge in [0.2, 0.25) is 5.88 Å². The van der Waals surface area contributed by atoms with E-state index in [2.05, 4.69) is 26.0 Å². The maximum atomic E-state index is 9.04. The van der Waals surface area contributed by atoms with Crippen molar-refractivity contribution in [1.82, 2.24) is 19.9 Å². The predicted molar refractivity (Wildman–Crippen MR) is 99.1 cm³/mol. The number of ether oxygens (including phenoxy) is 1. The zero-order valence-corrected chi connectivity index (χ0v) is 14.9. The standard InChI is InChI=1S/C19H13N5OS/c1-11-16(12(2)23-9-22-11)15-8-21-19(18-17(15)24-10-26-18)25-14-5-3-4-13(6-14)7-20/h3-6,8-10H,1-2H3. The van der Waals surface area contributed by atoms with E-state index in [0.29, 0.717) is 17.2 Å². The summed E-state index contributed by atoms with van der Waals surface area (Å²) < 4.78 is 6.76. The van der Waals surface area contributed by atoms with Crippen LogP contribution in [0.1, 0.15) is 17.0 Å². The topological polar surface area (TPSA) is 84.6 Å². The Morgan fingerprint density at radius 3 is 2.65 bits per heavy atom. The van der Waals surface area contributed by atoms with Crippen LogP contribution >= 0.6 is 11.3 Å².